The predicted molar refractivity (Wildman–Crippen MR) is 103 cm³/mol. The van der Waals surface area contributed by atoms with Crippen molar-refractivity contribution in [2.75, 3.05) is 13.1 Å². The molecule has 0 spiro atoms. The van der Waals surface area contributed by atoms with E-state index in [2.05, 4.69) is 18.1 Å². The smallest absolute Gasteiger partial charge is 0.254 e. The van der Waals surface area contributed by atoms with E-state index in [4.69, 9.17) is 0 Å². The molecule has 1 fully saturated rings. The Morgan fingerprint density at radius 3 is 2.71 bits per heavy atom. The number of amides is 1. The number of hydrogen-bond acceptors (Lipinski definition) is 3. The second-order valence-corrected chi connectivity index (χ2v) is 7.20. The van der Waals surface area contributed by atoms with Crippen LogP contribution < -0.4 is 0 Å². The Morgan fingerprint density at radius 2 is 2.00 bits per heavy atom. The molecule has 0 radical (unpaired) electrons. The molecule has 24 heavy (non-hydrogen) atoms. The maximum Gasteiger partial charge on any atom is 0.254 e. The highest BCUT2D eigenvalue weighted by Gasteiger charge is 2.21. The van der Waals surface area contributed by atoms with Gasteiger partial charge in [0.15, 0.2) is 0 Å². The minimum Gasteiger partial charge on any atom is -0.339 e. The Morgan fingerprint density at radius 1 is 1.25 bits per heavy atom. The lowest BCUT2D eigenvalue weighted by molar-refractivity contribution is 0.0726. The van der Waals surface area contributed by atoms with Crippen LogP contribution in [0.15, 0.2) is 42.8 Å². The molecule has 1 aromatic heterocycles. The van der Waals surface area contributed by atoms with Gasteiger partial charge in [-0.1, -0.05) is 36.5 Å². The zero-order chi connectivity index (χ0) is 17.1. The minimum absolute atomic E-state index is 0.102. The van der Waals surface area contributed by atoms with Crippen LogP contribution in [-0.4, -0.2) is 28.9 Å². The van der Waals surface area contributed by atoms with Crippen LogP contribution in [0.1, 0.15) is 40.9 Å². The van der Waals surface area contributed by atoms with Crippen LogP contribution in [0.5, 0.6) is 0 Å². The predicted octanol–water partition coefficient (Wildman–Crippen LogP) is 5.02. The van der Waals surface area contributed by atoms with Gasteiger partial charge >= 0.3 is 0 Å². The lowest BCUT2D eigenvalue weighted by Gasteiger charge is -2.27. The lowest BCUT2D eigenvalue weighted by Crippen LogP contribution is -2.35. The molecule has 1 aliphatic heterocycles. The molecule has 2 heterocycles. The molecular formula is C20H22N2OS. The first-order valence-electron chi connectivity index (χ1n) is 8.27. The van der Waals surface area contributed by atoms with Crippen molar-refractivity contribution in [1.29, 1.82) is 0 Å². The van der Waals surface area contributed by atoms with Crippen molar-refractivity contribution in [3.05, 3.63) is 59.7 Å². The molecule has 0 aliphatic carbocycles. The first kappa shape index (κ1) is 16.8. The molecule has 1 aromatic carbocycles. The van der Waals surface area contributed by atoms with E-state index in [1.165, 1.54) is 18.2 Å². The maximum absolute atomic E-state index is 13.1. The van der Waals surface area contributed by atoms with Gasteiger partial charge in [-0.25, -0.2) is 4.98 Å². The number of piperidine rings is 1. The topological polar surface area (TPSA) is 33.2 Å². The summed E-state index contributed by atoms with van der Waals surface area (Å²) in [5.74, 6) is 0.102. The molecule has 3 rings (SSSR count). The van der Waals surface area contributed by atoms with Gasteiger partial charge in [-0.3, -0.25) is 4.79 Å². The van der Waals surface area contributed by atoms with E-state index in [1.807, 2.05) is 36.1 Å². The SMILES string of the molecule is C=CSC(=C)c1cc(C(=O)N2CCCCC2)c2cc(C)ccc2n1. The van der Waals surface area contributed by atoms with E-state index in [1.54, 1.807) is 5.41 Å². The highest BCUT2D eigenvalue weighted by Crippen LogP contribution is 2.30. The standard InChI is InChI=1S/C20H22N2OS/c1-4-24-15(3)19-13-17(20(23)22-10-6-5-7-11-22)16-12-14(2)8-9-18(16)21-19/h4,8-9,12-13H,1,3,5-7,10-11H2,2H3. The van der Waals surface area contributed by atoms with Crippen LogP contribution in [0, 0.1) is 6.92 Å². The largest absolute Gasteiger partial charge is 0.339 e. The summed E-state index contributed by atoms with van der Waals surface area (Å²) in [6.07, 6.45) is 3.37. The first-order valence-corrected chi connectivity index (χ1v) is 9.15. The average molecular weight is 338 g/mol. The normalized spacial score (nSPS) is 14.6. The second-order valence-electron chi connectivity index (χ2n) is 6.14. The maximum atomic E-state index is 13.1. The van der Waals surface area contributed by atoms with Crippen LogP contribution in [-0.2, 0) is 0 Å². The third-order valence-corrected chi connectivity index (χ3v) is 5.01. The molecule has 0 bridgehead atoms. The average Bonchev–Trinajstić information content (AvgIpc) is 2.61. The lowest BCUT2D eigenvalue weighted by atomic mass is 10.0. The Balaban J connectivity index is 2.11. The van der Waals surface area contributed by atoms with Gasteiger partial charge in [0.2, 0.25) is 0 Å². The summed E-state index contributed by atoms with van der Waals surface area (Å²) in [6, 6.07) is 7.94. The summed E-state index contributed by atoms with van der Waals surface area (Å²) < 4.78 is 0. The van der Waals surface area contributed by atoms with Gasteiger partial charge in [0.25, 0.3) is 5.91 Å². The zero-order valence-electron chi connectivity index (χ0n) is 14.0. The summed E-state index contributed by atoms with van der Waals surface area (Å²) in [7, 11) is 0. The molecule has 0 N–H and O–H groups in total. The molecule has 1 amide bonds. The molecule has 3 nitrogen and oxygen atoms in total. The minimum atomic E-state index is 0.102. The number of rotatable bonds is 4. The van der Waals surface area contributed by atoms with Crippen molar-refractivity contribution in [2.45, 2.75) is 26.2 Å². The van der Waals surface area contributed by atoms with Gasteiger partial charge in [0.1, 0.15) is 0 Å². The highest BCUT2D eigenvalue weighted by molar-refractivity contribution is 8.10. The molecule has 2 aromatic rings. The Bertz CT molecular complexity index is 807. The number of likely N-dealkylation sites (tertiary alicyclic amines) is 1. The first-order chi connectivity index (χ1) is 11.6. The van der Waals surface area contributed by atoms with E-state index in [0.29, 0.717) is 0 Å². The van der Waals surface area contributed by atoms with E-state index in [0.717, 1.165) is 58.6 Å². The molecule has 1 saturated heterocycles. The van der Waals surface area contributed by atoms with Gasteiger partial charge in [-0.05, 0) is 49.8 Å². The number of aromatic nitrogens is 1. The molecule has 124 valence electrons. The molecule has 4 heteroatoms. The fourth-order valence-corrected chi connectivity index (χ4v) is 3.51. The number of nitrogens with zero attached hydrogens (tertiary/aromatic N) is 2. The van der Waals surface area contributed by atoms with Crippen molar-refractivity contribution in [2.24, 2.45) is 0 Å². The van der Waals surface area contributed by atoms with Crippen molar-refractivity contribution >= 4 is 33.5 Å². The summed E-state index contributed by atoms with van der Waals surface area (Å²) in [4.78, 5) is 20.6. The van der Waals surface area contributed by atoms with Crippen LogP contribution in [0.4, 0.5) is 0 Å². The third kappa shape index (κ3) is 3.39. The van der Waals surface area contributed by atoms with Crippen LogP contribution in [0.2, 0.25) is 0 Å². The van der Waals surface area contributed by atoms with Crippen LogP contribution in [0.25, 0.3) is 15.8 Å². The van der Waals surface area contributed by atoms with Crippen LogP contribution >= 0.6 is 11.8 Å². The number of fused-ring (bicyclic) bond motifs is 1. The van der Waals surface area contributed by atoms with Crippen molar-refractivity contribution in [1.82, 2.24) is 9.88 Å². The fraction of sp³-hybridized carbons (Fsp3) is 0.300. The highest BCUT2D eigenvalue weighted by atomic mass is 32.2. The Hall–Kier alpha value is -2.07. The Kier molecular flexibility index (Phi) is 5.05. The van der Waals surface area contributed by atoms with Gasteiger partial charge in [0.05, 0.1) is 16.8 Å². The van der Waals surface area contributed by atoms with Gasteiger partial charge in [0, 0.05) is 23.4 Å². The van der Waals surface area contributed by atoms with E-state index >= 15 is 0 Å². The third-order valence-electron chi connectivity index (χ3n) is 4.35. The molecular weight excluding hydrogens is 316 g/mol. The monoisotopic (exact) mass is 338 g/mol. The number of carbonyl (C=O) groups excluding carboxylic acids is 1. The second kappa shape index (κ2) is 7.22. The van der Waals surface area contributed by atoms with E-state index < -0.39 is 0 Å². The van der Waals surface area contributed by atoms with Crippen molar-refractivity contribution < 1.29 is 4.79 Å². The number of hydrogen-bond donors (Lipinski definition) is 0. The number of carbonyl (C=O) groups is 1. The number of aryl methyl sites for hydroxylation is 1. The molecule has 0 atom stereocenters. The summed E-state index contributed by atoms with van der Waals surface area (Å²) in [5, 5.41) is 2.65. The van der Waals surface area contributed by atoms with Gasteiger partial charge in [-0.15, -0.1) is 0 Å². The van der Waals surface area contributed by atoms with Crippen molar-refractivity contribution in [3.8, 4) is 0 Å². The van der Waals surface area contributed by atoms with E-state index in [-0.39, 0.29) is 5.91 Å². The zero-order valence-corrected chi connectivity index (χ0v) is 14.9. The van der Waals surface area contributed by atoms with Crippen molar-refractivity contribution in [3.63, 3.8) is 0 Å². The fourth-order valence-electron chi connectivity index (χ4n) is 3.09. The summed E-state index contributed by atoms with van der Waals surface area (Å²) in [5.41, 5.74) is 3.44. The van der Waals surface area contributed by atoms with E-state index in [9.17, 15) is 4.79 Å². The number of pyridine rings is 1. The Labute approximate surface area is 147 Å². The molecule has 0 unspecified atom stereocenters. The molecule has 1 aliphatic rings. The summed E-state index contributed by atoms with van der Waals surface area (Å²) >= 11 is 1.43. The number of thioether (sulfide) groups is 1. The van der Waals surface area contributed by atoms with Gasteiger partial charge in [-0.2, -0.15) is 0 Å². The quantitative estimate of drug-likeness (QED) is 0.785. The van der Waals surface area contributed by atoms with Gasteiger partial charge < -0.3 is 4.90 Å². The number of benzene rings is 1. The summed E-state index contributed by atoms with van der Waals surface area (Å²) in [6.45, 7) is 11.5. The molecule has 0 saturated carbocycles. The van der Waals surface area contributed by atoms with Crippen LogP contribution in [0.3, 0.4) is 0 Å².